The molecule has 1 aromatic heterocycles. The predicted molar refractivity (Wildman–Crippen MR) is 87.2 cm³/mol. The van der Waals surface area contributed by atoms with Crippen LogP contribution in [0.4, 0.5) is 5.82 Å². The Kier molecular flexibility index (Phi) is 4.51. The zero-order valence-corrected chi connectivity index (χ0v) is 12.6. The molecule has 0 aliphatic carbocycles. The second kappa shape index (κ2) is 6.72. The van der Waals surface area contributed by atoms with E-state index in [-0.39, 0.29) is 0 Å². The molecule has 3 nitrogen and oxygen atoms in total. The lowest BCUT2D eigenvalue weighted by Gasteiger charge is -2.36. The van der Waals surface area contributed by atoms with Crippen LogP contribution in [0.1, 0.15) is 36.4 Å². The number of benzene rings is 1. The average molecular weight is 281 g/mol. The molecule has 21 heavy (non-hydrogen) atoms. The highest BCUT2D eigenvalue weighted by molar-refractivity contribution is 5.35. The van der Waals surface area contributed by atoms with Crippen molar-refractivity contribution in [1.29, 1.82) is 0 Å². The van der Waals surface area contributed by atoms with Gasteiger partial charge in [-0.2, -0.15) is 0 Å². The molecule has 1 aliphatic rings. The van der Waals surface area contributed by atoms with Crippen LogP contribution in [0.5, 0.6) is 0 Å². The molecule has 3 rings (SSSR count). The minimum atomic E-state index is 0.498. The van der Waals surface area contributed by atoms with Crippen LogP contribution >= 0.6 is 0 Å². The highest BCUT2D eigenvalue weighted by Gasteiger charge is 2.24. The maximum Gasteiger partial charge on any atom is 0.125 e. The summed E-state index contributed by atoms with van der Waals surface area (Å²) in [5, 5.41) is 3.08. The smallest absolute Gasteiger partial charge is 0.125 e. The normalized spacial score (nSPS) is 19.4. The van der Waals surface area contributed by atoms with Crippen molar-refractivity contribution in [3.63, 3.8) is 0 Å². The van der Waals surface area contributed by atoms with Gasteiger partial charge in [-0.1, -0.05) is 42.8 Å². The van der Waals surface area contributed by atoms with E-state index in [1.54, 1.807) is 0 Å². The van der Waals surface area contributed by atoms with Gasteiger partial charge in [0.05, 0.1) is 0 Å². The number of nitrogens with zero attached hydrogens (tertiary/aromatic N) is 2. The van der Waals surface area contributed by atoms with E-state index in [1.165, 1.54) is 36.9 Å². The minimum absolute atomic E-state index is 0.498. The summed E-state index contributed by atoms with van der Waals surface area (Å²) in [7, 11) is 1.91. The molecule has 1 atom stereocenters. The summed E-state index contributed by atoms with van der Waals surface area (Å²) in [6.07, 6.45) is 5.86. The fraction of sp³-hybridized carbons (Fsp3) is 0.389. The lowest BCUT2D eigenvalue weighted by molar-refractivity contribution is 0.140. The Morgan fingerprint density at radius 1 is 1.14 bits per heavy atom. The first-order chi connectivity index (χ1) is 10.4. The number of hydrogen-bond acceptors (Lipinski definition) is 3. The van der Waals surface area contributed by atoms with Crippen LogP contribution < -0.4 is 5.32 Å². The second-order valence-corrected chi connectivity index (χ2v) is 5.69. The SMILES string of the molecule is CNc1ccc([C@H]2CCCCN2Cc2ccccc2)cn1. The third-order valence-electron chi connectivity index (χ3n) is 4.27. The van der Waals surface area contributed by atoms with E-state index in [0.29, 0.717) is 6.04 Å². The molecule has 0 saturated carbocycles. The standard InChI is InChI=1S/C18H23N3/c1-19-18-11-10-16(13-20-18)17-9-5-6-12-21(17)14-15-7-3-2-4-8-15/h2-4,7-8,10-11,13,17H,5-6,9,12,14H2,1H3,(H,19,20)/t17-/m1/s1. The summed E-state index contributed by atoms with van der Waals surface area (Å²) >= 11 is 0. The Balaban J connectivity index is 1.77. The molecule has 1 fully saturated rings. The monoisotopic (exact) mass is 281 g/mol. The van der Waals surface area contributed by atoms with Gasteiger partial charge in [-0.25, -0.2) is 4.98 Å². The molecule has 0 amide bonds. The third-order valence-corrected chi connectivity index (χ3v) is 4.27. The van der Waals surface area contributed by atoms with E-state index in [2.05, 4.69) is 57.7 Å². The number of rotatable bonds is 4. The van der Waals surface area contributed by atoms with E-state index in [1.807, 2.05) is 13.2 Å². The fourth-order valence-corrected chi connectivity index (χ4v) is 3.13. The van der Waals surface area contributed by atoms with Crippen molar-refractivity contribution >= 4 is 5.82 Å². The maximum atomic E-state index is 4.48. The van der Waals surface area contributed by atoms with Gasteiger partial charge >= 0.3 is 0 Å². The third kappa shape index (κ3) is 3.42. The molecular weight excluding hydrogens is 258 g/mol. The van der Waals surface area contributed by atoms with Gasteiger partial charge in [-0.05, 0) is 36.6 Å². The van der Waals surface area contributed by atoms with Crippen molar-refractivity contribution in [2.24, 2.45) is 0 Å². The first-order valence-electron chi connectivity index (χ1n) is 7.78. The van der Waals surface area contributed by atoms with Crippen LogP contribution in [0.15, 0.2) is 48.7 Å². The average Bonchev–Trinajstić information content (AvgIpc) is 2.56. The topological polar surface area (TPSA) is 28.2 Å². The Morgan fingerprint density at radius 3 is 2.71 bits per heavy atom. The Labute approximate surface area is 127 Å². The highest BCUT2D eigenvalue weighted by atomic mass is 15.2. The van der Waals surface area contributed by atoms with Gasteiger partial charge in [0.15, 0.2) is 0 Å². The summed E-state index contributed by atoms with van der Waals surface area (Å²) in [6.45, 7) is 2.20. The van der Waals surface area contributed by atoms with Crippen molar-refractivity contribution in [1.82, 2.24) is 9.88 Å². The largest absolute Gasteiger partial charge is 0.373 e. The minimum Gasteiger partial charge on any atom is -0.373 e. The number of anilines is 1. The lowest BCUT2D eigenvalue weighted by atomic mass is 9.95. The van der Waals surface area contributed by atoms with Gasteiger partial charge in [-0.3, -0.25) is 4.90 Å². The number of nitrogens with one attached hydrogen (secondary N) is 1. The van der Waals surface area contributed by atoms with Crippen LogP contribution in [0.3, 0.4) is 0 Å². The molecule has 0 spiro atoms. The van der Waals surface area contributed by atoms with Gasteiger partial charge in [0.2, 0.25) is 0 Å². The van der Waals surface area contributed by atoms with Gasteiger partial charge in [0.25, 0.3) is 0 Å². The van der Waals surface area contributed by atoms with Gasteiger partial charge in [0, 0.05) is 25.8 Å². The Hall–Kier alpha value is -1.87. The van der Waals surface area contributed by atoms with Crippen molar-refractivity contribution in [3.05, 3.63) is 59.8 Å². The van der Waals surface area contributed by atoms with Gasteiger partial charge < -0.3 is 5.32 Å². The van der Waals surface area contributed by atoms with Gasteiger partial charge in [-0.15, -0.1) is 0 Å². The molecule has 0 bridgehead atoms. The van der Waals surface area contributed by atoms with E-state index in [9.17, 15) is 0 Å². The van der Waals surface area contributed by atoms with Crippen LogP contribution in [0.2, 0.25) is 0 Å². The lowest BCUT2D eigenvalue weighted by Crippen LogP contribution is -2.33. The number of hydrogen-bond donors (Lipinski definition) is 1. The molecule has 1 saturated heterocycles. The van der Waals surface area contributed by atoms with Crippen molar-refractivity contribution in [3.8, 4) is 0 Å². The van der Waals surface area contributed by atoms with Gasteiger partial charge in [0.1, 0.15) is 5.82 Å². The predicted octanol–water partition coefficient (Wildman–Crippen LogP) is 3.85. The Morgan fingerprint density at radius 2 is 2.00 bits per heavy atom. The fourth-order valence-electron chi connectivity index (χ4n) is 3.13. The van der Waals surface area contributed by atoms with E-state index in [0.717, 1.165) is 12.4 Å². The molecule has 110 valence electrons. The maximum absolute atomic E-state index is 4.48. The zero-order chi connectivity index (χ0) is 14.5. The molecule has 2 heterocycles. The number of likely N-dealkylation sites (tertiary alicyclic amines) is 1. The van der Waals surface area contributed by atoms with Crippen molar-refractivity contribution < 1.29 is 0 Å². The van der Waals surface area contributed by atoms with Crippen LogP contribution in [-0.4, -0.2) is 23.5 Å². The van der Waals surface area contributed by atoms with Crippen LogP contribution in [0, 0.1) is 0 Å². The van der Waals surface area contributed by atoms with E-state index < -0.39 is 0 Å². The first-order valence-corrected chi connectivity index (χ1v) is 7.78. The number of aromatic nitrogens is 1. The molecule has 1 aliphatic heterocycles. The molecule has 0 radical (unpaired) electrons. The zero-order valence-electron chi connectivity index (χ0n) is 12.6. The second-order valence-electron chi connectivity index (χ2n) is 5.69. The first kappa shape index (κ1) is 14.1. The summed E-state index contributed by atoms with van der Waals surface area (Å²) in [5.41, 5.74) is 2.73. The molecule has 1 aromatic carbocycles. The van der Waals surface area contributed by atoms with Crippen molar-refractivity contribution in [2.45, 2.75) is 31.8 Å². The van der Waals surface area contributed by atoms with E-state index in [4.69, 9.17) is 0 Å². The summed E-state index contributed by atoms with van der Waals surface area (Å²) in [6, 6.07) is 15.5. The number of pyridine rings is 1. The van der Waals surface area contributed by atoms with E-state index >= 15 is 0 Å². The van der Waals surface area contributed by atoms with Crippen LogP contribution in [-0.2, 0) is 6.54 Å². The summed E-state index contributed by atoms with van der Waals surface area (Å²) < 4.78 is 0. The molecule has 0 unspecified atom stereocenters. The molecule has 3 heteroatoms. The molecular formula is C18H23N3. The molecule has 1 N–H and O–H groups in total. The molecule has 2 aromatic rings. The number of piperidine rings is 1. The Bertz CT molecular complexity index is 550. The highest BCUT2D eigenvalue weighted by Crippen LogP contribution is 2.32. The summed E-state index contributed by atoms with van der Waals surface area (Å²) in [4.78, 5) is 7.07. The van der Waals surface area contributed by atoms with Crippen LogP contribution in [0.25, 0.3) is 0 Å². The quantitative estimate of drug-likeness (QED) is 0.922. The summed E-state index contributed by atoms with van der Waals surface area (Å²) in [5.74, 6) is 0.934. The van der Waals surface area contributed by atoms with Crippen molar-refractivity contribution in [2.75, 3.05) is 18.9 Å².